The van der Waals surface area contributed by atoms with Gasteiger partial charge in [0, 0.05) is 163 Å². The zero-order valence-corrected chi connectivity index (χ0v) is 94.0. The summed E-state index contributed by atoms with van der Waals surface area (Å²) in [6.45, 7) is 45.1. The van der Waals surface area contributed by atoms with E-state index in [0.717, 1.165) is 169 Å². The number of carbonyl (C=O) groups is 9. The highest BCUT2D eigenvalue weighted by Crippen LogP contribution is 2.34. The van der Waals surface area contributed by atoms with Gasteiger partial charge in [0.15, 0.2) is 0 Å². The highest BCUT2D eigenvalue weighted by atomic mass is 79.9. The first-order valence-electron chi connectivity index (χ1n) is 51.0. The minimum Gasteiger partial charge on any atom is -0.466 e. The topological polar surface area (TPSA) is 349 Å². The molecule has 4 aromatic heterocycles. The molecule has 3 aromatic carbocycles. The molecular weight excluding hydrogens is 1930 g/mol. The summed E-state index contributed by atoms with van der Waals surface area (Å²) in [5.74, 6) is -1.20. The standard InChI is InChI=1S/C22H29N3O2.C21H28N4O2.C16H27N3O2.C15H25NO4.C12H20N2.C11H10O3.C10H18BrNO2.C4H8O.CH4O.ClH/c1-16-21(17(2)24(3)23-16)14-20-6-5-13-25(20)15-19-9-7-18(8-10-19)11-12-22(26)27-4;1-15-20(16(2)24(3)22-15)13-19-5-4-12-25(19)14-18-8-6-17(7-9-18)10-11-21(26)23-27;1-11-14(12(2)18(6)17-11)10-13-8-7-9-19(13)15(20)21-16(3,4)5;1-10(17)13(11(2)18)9-12-7-6-8-16(12)14(19)20-15(3,4)5;1-9-12(10(2)14(3)13-9)8-11-6-4-5-7-11;1-14-11(13)7-6-9-2-4-10(8-12)5-3-9;1-10(2,3)14-9(13)12-6-4-5-8(12)7-11;1-2-4-5-3-1;1-2;/h7-12,20H,5-6,13-15H2,1-4H3;6-11,19,27H,4-5,12-14H2,1-3H3,(H,23,26);13H,7-10H2,1-6H3;12-13H,6-9H2,1-5H3;11H,4-8H2,1-3H3;2-8H,1H3;8H,4-7H2,1-3H3;1-4H2;2H,1H3;1H/b12-11+;11-10+;;;;7-6+;;;;/t20-;19-;13-;12-;;;8-;;;/m1111..1.../s1. The van der Waals surface area contributed by atoms with E-state index < -0.39 is 34.6 Å². The maximum atomic E-state index is 12.3. The Kier molecular flexibility index (Phi) is 53.4. The number of aliphatic hydroxyl groups excluding tert-OH is 1. The highest BCUT2D eigenvalue weighted by Gasteiger charge is 2.38. The molecule has 7 aromatic rings. The van der Waals surface area contributed by atoms with Crippen molar-refractivity contribution in [3.63, 3.8) is 0 Å². The smallest absolute Gasteiger partial charge is 0.410 e. The second-order valence-corrected chi connectivity index (χ2v) is 41.9. The molecule has 6 aliphatic heterocycles. The molecule has 5 atom stereocenters. The summed E-state index contributed by atoms with van der Waals surface area (Å²) in [5.41, 5.74) is 21.4. The number of ketones is 2. The van der Waals surface area contributed by atoms with Gasteiger partial charge in [-0.2, -0.15) is 20.4 Å². The van der Waals surface area contributed by atoms with Crippen LogP contribution in [-0.2, 0) is 119 Å². The van der Waals surface area contributed by atoms with Crippen molar-refractivity contribution in [3.05, 3.63) is 192 Å². The highest BCUT2D eigenvalue weighted by molar-refractivity contribution is 9.09. The van der Waals surface area contributed by atoms with Crippen molar-refractivity contribution in [2.45, 2.75) is 326 Å². The summed E-state index contributed by atoms with van der Waals surface area (Å²) in [7, 11) is 11.7. The van der Waals surface area contributed by atoms with Gasteiger partial charge >= 0.3 is 30.2 Å². The Bertz CT molecular complexity index is 5140. The van der Waals surface area contributed by atoms with E-state index in [9.17, 15) is 43.2 Å². The van der Waals surface area contributed by atoms with Crippen molar-refractivity contribution in [3.8, 4) is 0 Å². The Hall–Kier alpha value is -10.5. The van der Waals surface area contributed by atoms with Crippen LogP contribution in [0.1, 0.15) is 291 Å². The van der Waals surface area contributed by atoms with Gasteiger partial charge in [0.25, 0.3) is 5.91 Å². The molecule has 1 aliphatic carbocycles. The quantitative estimate of drug-likeness (QED) is 0.00739. The Morgan fingerprint density at radius 3 is 1.04 bits per heavy atom. The van der Waals surface area contributed by atoms with Crippen LogP contribution in [0.3, 0.4) is 0 Å². The zero-order valence-electron chi connectivity index (χ0n) is 91.5. The number of aliphatic hydroxyl groups is 1. The van der Waals surface area contributed by atoms with Crippen LogP contribution in [0.5, 0.6) is 0 Å². The van der Waals surface area contributed by atoms with Gasteiger partial charge in [-0.15, -0.1) is 12.4 Å². The number of alkyl halides is 1. The van der Waals surface area contributed by atoms with Crippen LogP contribution in [0, 0.1) is 67.2 Å². The molecule has 0 bridgehead atoms. The molecule has 7 fully saturated rings. The summed E-state index contributed by atoms with van der Waals surface area (Å²) in [4.78, 5) is 113. The third-order valence-corrected chi connectivity index (χ3v) is 27.7. The average Bonchev–Trinajstić information content (AvgIpc) is 1.67. The molecule has 31 nitrogen and oxygen atoms in total. The number of amides is 4. The predicted molar refractivity (Wildman–Crippen MR) is 577 cm³/mol. The van der Waals surface area contributed by atoms with E-state index in [0.29, 0.717) is 36.7 Å². The molecule has 1 saturated carbocycles. The maximum Gasteiger partial charge on any atom is 0.410 e. The molecule has 3 N–H and O–H groups in total. The fourth-order valence-corrected chi connectivity index (χ4v) is 19.5. The van der Waals surface area contributed by atoms with Crippen LogP contribution >= 0.6 is 28.3 Å². The number of likely N-dealkylation sites (tertiary alicyclic amines) is 5. The number of aryl methyl sites for hydroxylation is 8. The van der Waals surface area contributed by atoms with Gasteiger partial charge in [-0.3, -0.25) is 52.9 Å². The molecule has 0 spiro atoms. The van der Waals surface area contributed by atoms with Crippen molar-refractivity contribution in [2.75, 3.05) is 72.6 Å². The number of halogens is 2. The predicted octanol–water partition coefficient (Wildman–Crippen LogP) is 19.8. The monoisotopic (exact) mass is 2100 g/mol. The third-order valence-electron chi connectivity index (χ3n) is 27.0. The number of carbonyl (C=O) groups excluding carboxylic acids is 9. The first-order chi connectivity index (χ1) is 68.1. The van der Waals surface area contributed by atoms with Gasteiger partial charge in [-0.25, -0.2) is 29.5 Å². The van der Waals surface area contributed by atoms with Gasteiger partial charge < -0.3 is 48.2 Å². The van der Waals surface area contributed by atoms with Crippen LogP contribution in [-0.4, -0.2) is 248 Å². The number of Topliss-reactive ketones (excluding diaryl/α,β-unsaturated/α-hetero) is 2. The number of methoxy groups -OCH3 is 2. The number of ether oxygens (including phenoxy) is 6. The Balaban J connectivity index is 0.000000298. The van der Waals surface area contributed by atoms with Crippen molar-refractivity contribution < 1.29 is 81.9 Å². The van der Waals surface area contributed by atoms with E-state index in [-0.39, 0.29) is 60.3 Å². The van der Waals surface area contributed by atoms with Crippen LogP contribution in [0.25, 0.3) is 18.2 Å². The number of esters is 2. The Morgan fingerprint density at radius 1 is 0.428 bits per heavy atom. The minimum absolute atomic E-state index is 0. The van der Waals surface area contributed by atoms with E-state index in [2.05, 4.69) is 140 Å². The first kappa shape index (κ1) is 125. The number of rotatable bonds is 24. The van der Waals surface area contributed by atoms with Crippen molar-refractivity contribution >= 4 is 101 Å². The SMILES string of the molecule is C1CCOC1.CC(=O)C(C[C@H]1CCCN1C(=O)OC(C)(C)C)C(C)=O.CC(C)(C)OC(=O)N1CCC[C@@H]1CBr.CO.COC(=O)/C=C/c1ccc(C=O)cc1.COC(=O)/C=C/c1ccc(CN2CCC[C@@H]2Cc2c(C)nn(C)c2C)cc1.Cc1nn(C)c(C)c1CC1CCCC1.Cc1nn(C)c(C)c1C[C@H]1CCCN1C(=O)OC(C)(C)C.Cc1nn(C)c(C)c1C[C@H]1CCCN1Cc1ccc(/C=C/C(=O)NO)cc1.Cl. The first-order valence-corrected chi connectivity index (χ1v) is 52.2. The van der Waals surface area contributed by atoms with Crippen LogP contribution in [0.2, 0.25) is 0 Å². The lowest BCUT2D eigenvalue weighted by atomic mass is 9.92. The van der Waals surface area contributed by atoms with E-state index in [1.54, 1.807) is 52.9 Å². The maximum absolute atomic E-state index is 12.3. The molecule has 6 saturated heterocycles. The van der Waals surface area contributed by atoms with E-state index >= 15 is 0 Å². The fraction of sp³-hybridized carbons (Fsp3) is 0.598. The molecule has 10 heterocycles. The summed E-state index contributed by atoms with van der Waals surface area (Å²) in [6, 6.07) is 25.1. The molecule has 14 rings (SSSR count). The second kappa shape index (κ2) is 62.0. The Labute approximate surface area is 877 Å². The molecular formula is C112H170BrClN14O17. The molecule has 145 heavy (non-hydrogen) atoms. The molecule has 4 amide bonds. The largest absolute Gasteiger partial charge is 0.466 e. The fourth-order valence-electron chi connectivity index (χ4n) is 18.8. The number of aromatic nitrogens is 8. The van der Waals surface area contributed by atoms with Crippen molar-refractivity contribution in [1.29, 1.82) is 0 Å². The van der Waals surface area contributed by atoms with Crippen LogP contribution in [0.15, 0.2) is 91.0 Å². The molecule has 804 valence electrons. The van der Waals surface area contributed by atoms with Crippen LogP contribution in [0.4, 0.5) is 14.4 Å². The van der Waals surface area contributed by atoms with E-state index in [4.69, 9.17) is 29.3 Å². The van der Waals surface area contributed by atoms with E-state index in [1.165, 1.54) is 179 Å². The molecule has 7 aliphatic rings. The van der Waals surface area contributed by atoms with Crippen molar-refractivity contribution in [1.82, 2.24) is 69.1 Å². The molecule has 0 unspecified atom stereocenters. The number of benzene rings is 3. The third kappa shape index (κ3) is 42.4. The normalized spacial score (nSPS) is 17.8. The van der Waals surface area contributed by atoms with Crippen molar-refractivity contribution in [2.24, 2.45) is 40.0 Å². The van der Waals surface area contributed by atoms with Gasteiger partial charge in [0.05, 0.1) is 42.9 Å². The number of hydroxylamine groups is 1. The number of nitrogens with one attached hydrogen (secondary N) is 1. The lowest BCUT2D eigenvalue weighted by Crippen LogP contribution is -2.41. The summed E-state index contributed by atoms with van der Waals surface area (Å²) in [6.07, 6.45) is 33.0. The summed E-state index contributed by atoms with van der Waals surface area (Å²) >= 11 is 3.42. The number of hydrogen-bond acceptors (Lipinski definition) is 23. The Morgan fingerprint density at radius 2 is 0.731 bits per heavy atom. The van der Waals surface area contributed by atoms with Crippen LogP contribution < -0.4 is 5.48 Å². The lowest BCUT2D eigenvalue weighted by Gasteiger charge is -2.29. The number of aldehydes is 1. The average molecular weight is 2100 g/mol. The summed E-state index contributed by atoms with van der Waals surface area (Å²) < 4.78 is 38.1. The molecule has 0 radical (unpaired) electrons. The van der Waals surface area contributed by atoms with E-state index in [1.807, 2.05) is 138 Å². The summed E-state index contributed by atoms with van der Waals surface area (Å²) in [5, 5.41) is 34.4. The van der Waals surface area contributed by atoms with Gasteiger partial charge in [0.1, 0.15) is 34.7 Å². The second-order valence-electron chi connectivity index (χ2n) is 41.3. The molecule has 33 heteroatoms. The number of hydrogen-bond donors (Lipinski definition) is 3. The van der Waals surface area contributed by atoms with Gasteiger partial charge in [-0.1, -0.05) is 114 Å². The zero-order chi connectivity index (χ0) is 107. The van der Waals surface area contributed by atoms with Gasteiger partial charge in [-0.05, 0) is 328 Å². The lowest BCUT2D eigenvalue weighted by molar-refractivity contribution is -0.135. The minimum atomic E-state index is -0.608. The number of nitrogens with zero attached hydrogens (tertiary/aromatic N) is 13. The van der Waals surface area contributed by atoms with Gasteiger partial charge in [0.2, 0.25) is 0 Å².